The zero-order chi connectivity index (χ0) is 16.6. The van der Waals surface area contributed by atoms with E-state index < -0.39 is 5.41 Å². The van der Waals surface area contributed by atoms with E-state index in [1.807, 2.05) is 20.8 Å². The summed E-state index contributed by atoms with van der Waals surface area (Å²) in [7, 11) is 1.64. The summed E-state index contributed by atoms with van der Waals surface area (Å²) in [5.41, 5.74) is 0.177. The molecule has 0 bridgehead atoms. The molecule has 0 fully saturated rings. The molecule has 7 heteroatoms. The average Bonchev–Trinajstić information content (AvgIpc) is 2.46. The van der Waals surface area contributed by atoms with Crippen molar-refractivity contribution in [2.75, 3.05) is 20.1 Å². The summed E-state index contributed by atoms with van der Waals surface area (Å²) in [4.78, 5) is 15.8. The van der Waals surface area contributed by atoms with Crippen LogP contribution in [0.1, 0.15) is 26.3 Å². The number of aliphatic imine (C=N–C) groups is 1. The van der Waals surface area contributed by atoms with Crippen molar-refractivity contribution in [3.8, 4) is 0 Å². The first-order chi connectivity index (χ1) is 10.3. The maximum Gasteiger partial charge on any atom is 0.225 e. The highest BCUT2D eigenvalue weighted by Gasteiger charge is 2.20. The minimum absolute atomic E-state index is 0. The van der Waals surface area contributed by atoms with Crippen LogP contribution >= 0.6 is 24.0 Å². The van der Waals surface area contributed by atoms with Gasteiger partial charge in [-0.05, 0) is 6.07 Å². The predicted molar refractivity (Wildman–Crippen MR) is 102 cm³/mol. The summed E-state index contributed by atoms with van der Waals surface area (Å²) in [6.45, 7) is 6.98. The van der Waals surface area contributed by atoms with E-state index in [0.717, 1.165) is 0 Å². The molecule has 1 aromatic carbocycles. The number of carbonyl (C=O) groups is 1. The second-order valence-corrected chi connectivity index (χ2v) is 5.95. The first-order valence-electron chi connectivity index (χ1n) is 7.31. The van der Waals surface area contributed by atoms with Gasteiger partial charge < -0.3 is 16.0 Å². The maximum atomic E-state index is 13.5. The molecule has 0 aliphatic carbocycles. The van der Waals surface area contributed by atoms with Gasteiger partial charge in [0.05, 0.1) is 0 Å². The Balaban J connectivity index is 0.00000484. The van der Waals surface area contributed by atoms with Gasteiger partial charge >= 0.3 is 0 Å². The molecule has 0 atom stereocenters. The van der Waals surface area contributed by atoms with Crippen LogP contribution in [0.15, 0.2) is 29.3 Å². The van der Waals surface area contributed by atoms with Gasteiger partial charge in [-0.25, -0.2) is 4.39 Å². The van der Waals surface area contributed by atoms with Crippen molar-refractivity contribution in [2.24, 2.45) is 10.4 Å². The van der Waals surface area contributed by atoms with Crippen LogP contribution in [0.5, 0.6) is 0 Å². The molecule has 0 aliphatic heterocycles. The summed E-state index contributed by atoms with van der Waals surface area (Å²) >= 11 is 0. The quantitative estimate of drug-likeness (QED) is 0.287. The van der Waals surface area contributed by atoms with Gasteiger partial charge in [-0.1, -0.05) is 39.0 Å². The maximum absolute atomic E-state index is 13.5. The van der Waals surface area contributed by atoms with E-state index in [-0.39, 0.29) is 35.7 Å². The number of nitrogens with one attached hydrogen (secondary N) is 3. The van der Waals surface area contributed by atoms with Crippen LogP contribution in [0.25, 0.3) is 0 Å². The van der Waals surface area contributed by atoms with Gasteiger partial charge in [0.15, 0.2) is 5.96 Å². The molecule has 1 rings (SSSR count). The Kier molecular flexibility index (Phi) is 9.78. The first-order valence-corrected chi connectivity index (χ1v) is 7.31. The van der Waals surface area contributed by atoms with E-state index in [0.29, 0.717) is 31.2 Å². The third kappa shape index (κ3) is 8.15. The second kappa shape index (κ2) is 10.4. The molecular formula is C16H26FIN4O. The van der Waals surface area contributed by atoms with Gasteiger partial charge in [-0.15, -0.1) is 24.0 Å². The van der Waals surface area contributed by atoms with Crippen molar-refractivity contribution in [3.05, 3.63) is 35.6 Å². The Morgan fingerprint density at radius 3 is 2.30 bits per heavy atom. The predicted octanol–water partition coefficient (Wildman–Crippen LogP) is 2.27. The Bertz CT molecular complexity index is 529. The summed E-state index contributed by atoms with van der Waals surface area (Å²) < 4.78 is 13.5. The van der Waals surface area contributed by atoms with Crippen LogP contribution in [0.3, 0.4) is 0 Å². The molecule has 0 heterocycles. The van der Waals surface area contributed by atoms with Crippen molar-refractivity contribution in [1.29, 1.82) is 0 Å². The highest BCUT2D eigenvalue weighted by atomic mass is 127. The number of hydrogen-bond acceptors (Lipinski definition) is 2. The van der Waals surface area contributed by atoms with Gasteiger partial charge in [0.2, 0.25) is 5.91 Å². The Hall–Kier alpha value is -1.38. The van der Waals surface area contributed by atoms with E-state index in [9.17, 15) is 9.18 Å². The number of amides is 1. The minimum atomic E-state index is -0.398. The average molecular weight is 436 g/mol. The van der Waals surface area contributed by atoms with Crippen molar-refractivity contribution >= 4 is 35.8 Å². The van der Waals surface area contributed by atoms with Gasteiger partial charge in [-0.2, -0.15) is 0 Å². The molecule has 0 saturated carbocycles. The van der Waals surface area contributed by atoms with Gasteiger partial charge in [0, 0.05) is 37.7 Å². The number of carbonyl (C=O) groups excluding carboxylic acids is 1. The molecule has 3 N–H and O–H groups in total. The lowest BCUT2D eigenvalue weighted by Crippen LogP contribution is -2.43. The summed E-state index contributed by atoms with van der Waals surface area (Å²) in [5, 5.41) is 8.94. The lowest BCUT2D eigenvalue weighted by Gasteiger charge is -2.18. The van der Waals surface area contributed by atoms with Crippen LogP contribution in [-0.4, -0.2) is 32.0 Å². The fraction of sp³-hybridized carbons (Fsp3) is 0.500. The largest absolute Gasteiger partial charge is 0.355 e. The van der Waals surface area contributed by atoms with Crippen molar-refractivity contribution in [1.82, 2.24) is 16.0 Å². The van der Waals surface area contributed by atoms with Crippen LogP contribution in [0, 0.1) is 11.2 Å². The van der Waals surface area contributed by atoms with Gasteiger partial charge in [-0.3, -0.25) is 9.79 Å². The van der Waals surface area contributed by atoms with E-state index in [4.69, 9.17) is 0 Å². The molecular weight excluding hydrogens is 410 g/mol. The van der Waals surface area contributed by atoms with Gasteiger partial charge in [0.25, 0.3) is 0 Å². The van der Waals surface area contributed by atoms with Crippen molar-refractivity contribution in [2.45, 2.75) is 27.3 Å². The van der Waals surface area contributed by atoms with E-state index in [1.165, 1.54) is 6.07 Å². The molecule has 23 heavy (non-hydrogen) atoms. The SMILES string of the molecule is CN=C(NCCNC(=O)C(C)(C)C)NCc1ccccc1F.I. The molecule has 1 aromatic rings. The molecule has 0 aliphatic rings. The first kappa shape index (κ1) is 21.6. The Morgan fingerprint density at radius 2 is 1.74 bits per heavy atom. The fourth-order valence-corrected chi connectivity index (χ4v) is 1.66. The van der Waals surface area contributed by atoms with Crippen LogP contribution in [-0.2, 0) is 11.3 Å². The molecule has 130 valence electrons. The highest BCUT2D eigenvalue weighted by molar-refractivity contribution is 14.0. The normalized spacial score (nSPS) is 11.4. The number of hydrogen-bond donors (Lipinski definition) is 3. The molecule has 0 unspecified atom stereocenters. The standard InChI is InChI=1S/C16H25FN4O.HI/c1-16(2,3)14(22)19-9-10-20-15(18-4)21-11-12-7-5-6-8-13(12)17;/h5-8H,9-11H2,1-4H3,(H,19,22)(H2,18,20,21);1H. The molecule has 0 saturated heterocycles. The third-order valence-corrected chi connectivity index (χ3v) is 3.01. The second-order valence-electron chi connectivity index (χ2n) is 5.95. The summed E-state index contributed by atoms with van der Waals surface area (Å²) in [6, 6.07) is 6.59. The fourth-order valence-electron chi connectivity index (χ4n) is 1.66. The van der Waals surface area contributed by atoms with E-state index >= 15 is 0 Å². The lowest BCUT2D eigenvalue weighted by molar-refractivity contribution is -0.128. The van der Waals surface area contributed by atoms with Crippen LogP contribution < -0.4 is 16.0 Å². The van der Waals surface area contributed by atoms with E-state index in [1.54, 1.807) is 25.2 Å². The number of rotatable bonds is 5. The molecule has 1 amide bonds. The smallest absolute Gasteiger partial charge is 0.225 e. The van der Waals surface area contributed by atoms with Crippen molar-refractivity contribution in [3.63, 3.8) is 0 Å². The van der Waals surface area contributed by atoms with Crippen molar-refractivity contribution < 1.29 is 9.18 Å². The Labute approximate surface area is 154 Å². The number of guanidine groups is 1. The number of halogens is 2. The summed E-state index contributed by atoms with van der Waals surface area (Å²) in [6.07, 6.45) is 0. The zero-order valence-electron chi connectivity index (χ0n) is 14.1. The number of benzene rings is 1. The summed E-state index contributed by atoms with van der Waals surface area (Å²) in [5.74, 6) is 0.319. The van der Waals surface area contributed by atoms with Gasteiger partial charge in [0.1, 0.15) is 5.82 Å². The Morgan fingerprint density at radius 1 is 1.13 bits per heavy atom. The highest BCUT2D eigenvalue weighted by Crippen LogP contribution is 2.11. The third-order valence-electron chi connectivity index (χ3n) is 3.01. The zero-order valence-corrected chi connectivity index (χ0v) is 16.4. The molecule has 0 radical (unpaired) electrons. The topological polar surface area (TPSA) is 65.5 Å². The minimum Gasteiger partial charge on any atom is -0.355 e. The molecule has 0 spiro atoms. The lowest BCUT2D eigenvalue weighted by atomic mass is 9.96. The van der Waals surface area contributed by atoms with E-state index in [2.05, 4.69) is 20.9 Å². The number of nitrogens with zero attached hydrogens (tertiary/aromatic N) is 1. The monoisotopic (exact) mass is 436 g/mol. The molecule has 0 aromatic heterocycles. The van der Waals surface area contributed by atoms with Crippen LogP contribution in [0.2, 0.25) is 0 Å². The molecule has 5 nitrogen and oxygen atoms in total. The van der Waals surface area contributed by atoms with Crippen LogP contribution in [0.4, 0.5) is 4.39 Å².